The molecule has 0 spiro atoms. The Morgan fingerprint density at radius 3 is 2.50 bits per heavy atom. The highest BCUT2D eigenvalue weighted by Crippen LogP contribution is 2.38. The van der Waals surface area contributed by atoms with Crippen molar-refractivity contribution in [3.05, 3.63) is 17.1 Å². The topological polar surface area (TPSA) is 66.4 Å². The van der Waals surface area contributed by atoms with Crippen molar-refractivity contribution in [3.63, 3.8) is 0 Å². The Hall–Kier alpha value is -1.98. The lowest BCUT2D eigenvalue weighted by atomic mass is 9.84. The second kappa shape index (κ2) is 8.27. The lowest BCUT2D eigenvalue weighted by molar-refractivity contribution is -0.139. The first-order valence-corrected chi connectivity index (χ1v) is 12.1. The number of fused-ring (bicyclic) bond motifs is 1. The summed E-state index contributed by atoms with van der Waals surface area (Å²) in [7, 11) is 0. The summed E-state index contributed by atoms with van der Waals surface area (Å²) in [6.07, 6.45) is 12.7. The molecule has 3 fully saturated rings. The van der Waals surface area contributed by atoms with E-state index in [1.165, 1.54) is 38.5 Å². The predicted molar refractivity (Wildman–Crippen MR) is 115 cm³/mol. The van der Waals surface area contributed by atoms with Crippen molar-refractivity contribution in [2.45, 2.75) is 90.0 Å². The van der Waals surface area contributed by atoms with Crippen LogP contribution >= 0.6 is 0 Å². The van der Waals surface area contributed by atoms with E-state index in [9.17, 15) is 9.59 Å². The summed E-state index contributed by atoms with van der Waals surface area (Å²) < 4.78 is 0. The molecule has 3 heterocycles. The number of hydrogen-bond donors (Lipinski definition) is 0. The molecule has 0 N–H and O–H groups in total. The van der Waals surface area contributed by atoms with Crippen LogP contribution in [0.5, 0.6) is 0 Å². The van der Waals surface area contributed by atoms with E-state index in [-0.39, 0.29) is 23.8 Å². The molecule has 6 heteroatoms. The first-order chi connectivity index (χ1) is 14.6. The molecule has 162 valence electrons. The zero-order chi connectivity index (χ0) is 20.7. The molecule has 4 aliphatic rings. The van der Waals surface area contributed by atoms with Gasteiger partial charge in [0.05, 0.1) is 6.04 Å². The van der Waals surface area contributed by atoms with Gasteiger partial charge in [-0.25, -0.2) is 9.97 Å². The number of carbonyl (C=O) groups excluding carboxylic acids is 2. The average molecular weight is 411 g/mol. The number of hydrogen-bond acceptors (Lipinski definition) is 4. The molecule has 30 heavy (non-hydrogen) atoms. The summed E-state index contributed by atoms with van der Waals surface area (Å²) in [5.41, 5.74) is 2.11. The molecule has 6 nitrogen and oxygen atoms in total. The zero-order valence-corrected chi connectivity index (χ0v) is 18.2. The SMILES string of the molecule is Cc1nc([C@H]2CCCN2C(=O)C2CCC2)nc2c1CCC(=O)N2CC1CCCCC1. The summed E-state index contributed by atoms with van der Waals surface area (Å²) >= 11 is 0. The van der Waals surface area contributed by atoms with E-state index in [0.29, 0.717) is 12.3 Å². The van der Waals surface area contributed by atoms with Gasteiger partial charge in [0.2, 0.25) is 11.8 Å². The number of aryl methyl sites for hydroxylation is 1. The van der Waals surface area contributed by atoms with Crippen LogP contribution in [0.2, 0.25) is 0 Å². The molecule has 2 amide bonds. The van der Waals surface area contributed by atoms with Gasteiger partial charge in [-0.1, -0.05) is 25.7 Å². The third kappa shape index (κ3) is 3.63. The molecule has 2 aliphatic heterocycles. The lowest BCUT2D eigenvalue weighted by Crippen LogP contribution is -2.41. The van der Waals surface area contributed by atoms with Crippen LogP contribution in [0.4, 0.5) is 5.82 Å². The van der Waals surface area contributed by atoms with Crippen LogP contribution < -0.4 is 4.90 Å². The number of amides is 2. The highest BCUT2D eigenvalue weighted by molar-refractivity contribution is 5.95. The summed E-state index contributed by atoms with van der Waals surface area (Å²) in [6, 6.07) is -0.0318. The first-order valence-electron chi connectivity index (χ1n) is 12.1. The van der Waals surface area contributed by atoms with Crippen LogP contribution in [-0.4, -0.2) is 39.8 Å². The second-order valence-corrected chi connectivity index (χ2v) is 9.80. The highest BCUT2D eigenvalue weighted by atomic mass is 16.2. The molecular formula is C24H34N4O2. The van der Waals surface area contributed by atoms with Gasteiger partial charge < -0.3 is 4.90 Å². The molecule has 1 saturated heterocycles. The molecule has 0 aromatic carbocycles. The van der Waals surface area contributed by atoms with Crippen LogP contribution in [-0.2, 0) is 16.0 Å². The van der Waals surface area contributed by atoms with Crippen molar-refractivity contribution in [1.29, 1.82) is 0 Å². The molecule has 1 aromatic rings. The highest BCUT2D eigenvalue weighted by Gasteiger charge is 2.39. The summed E-state index contributed by atoms with van der Waals surface area (Å²) in [5.74, 6) is 2.86. The van der Waals surface area contributed by atoms with Gasteiger partial charge in [0.1, 0.15) is 5.82 Å². The molecule has 2 saturated carbocycles. The van der Waals surface area contributed by atoms with E-state index in [2.05, 4.69) is 0 Å². The van der Waals surface area contributed by atoms with Gasteiger partial charge in [0.15, 0.2) is 5.82 Å². The fourth-order valence-electron chi connectivity index (χ4n) is 5.76. The molecule has 0 radical (unpaired) electrons. The number of anilines is 1. The van der Waals surface area contributed by atoms with E-state index in [1.807, 2.05) is 16.7 Å². The van der Waals surface area contributed by atoms with Crippen molar-refractivity contribution in [2.24, 2.45) is 11.8 Å². The maximum Gasteiger partial charge on any atom is 0.228 e. The Morgan fingerprint density at radius 2 is 1.77 bits per heavy atom. The Balaban J connectivity index is 1.44. The van der Waals surface area contributed by atoms with Crippen molar-refractivity contribution < 1.29 is 9.59 Å². The number of likely N-dealkylation sites (tertiary alicyclic amines) is 1. The monoisotopic (exact) mass is 410 g/mol. The number of rotatable bonds is 4. The number of carbonyl (C=O) groups is 2. The molecule has 1 aromatic heterocycles. The fourth-order valence-corrected chi connectivity index (χ4v) is 5.76. The van der Waals surface area contributed by atoms with Crippen molar-refractivity contribution in [1.82, 2.24) is 14.9 Å². The molecular weight excluding hydrogens is 376 g/mol. The van der Waals surface area contributed by atoms with Crippen LogP contribution in [0.15, 0.2) is 0 Å². The third-order valence-corrected chi connectivity index (χ3v) is 7.81. The van der Waals surface area contributed by atoms with Gasteiger partial charge >= 0.3 is 0 Å². The zero-order valence-electron chi connectivity index (χ0n) is 18.2. The molecule has 1 atom stereocenters. The average Bonchev–Trinajstić information content (AvgIpc) is 3.19. The Bertz CT molecular complexity index is 829. The van der Waals surface area contributed by atoms with E-state index >= 15 is 0 Å². The first kappa shape index (κ1) is 20.0. The fraction of sp³-hybridized carbons (Fsp3) is 0.750. The van der Waals surface area contributed by atoms with E-state index in [4.69, 9.17) is 9.97 Å². The second-order valence-electron chi connectivity index (χ2n) is 9.80. The lowest BCUT2D eigenvalue weighted by Gasteiger charge is -2.35. The van der Waals surface area contributed by atoms with Gasteiger partial charge in [-0.2, -0.15) is 0 Å². The molecule has 0 bridgehead atoms. The minimum atomic E-state index is -0.0318. The Labute approximate surface area is 179 Å². The quantitative estimate of drug-likeness (QED) is 0.749. The van der Waals surface area contributed by atoms with Crippen LogP contribution in [0, 0.1) is 18.8 Å². The summed E-state index contributed by atoms with van der Waals surface area (Å²) in [4.78, 5) is 39.7. The van der Waals surface area contributed by atoms with E-state index in [1.54, 1.807) is 0 Å². The van der Waals surface area contributed by atoms with Gasteiger partial charge in [-0.15, -0.1) is 0 Å². The summed E-state index contributed by atoms with van der Waals surface area (Å²) in [5, 5.41) is 0. The standard InChI is InChI=1S/C24H34N4O2/c1-16-19-12-13-21(29)28(15-17-7-3-2-4-8-17)23(19)26-22(25-16)20-11-6-14-27(20)24(30)18-9-5-10-18/h17-18,20H,2-15H2,1H3/t20-/m1/s1. The largest absolute Gasteiger partial charge is 0.332 e. The Kier molecular flexibility index (Phi) is 5.50. The predicted octanol–water partition coefficient (Wildman–Crippen LogP) is 4.11. The van der Waals surface area contributed by atoms with Crippen LogP contribution in [0.1, 0.15) is 93.8 Å². The van der Waals surface area contributed by atoms with Gasteiger partial charge in [-0.3, -0.25) is 14.5 Å². The van der Waals surface area contributed by atoms with E-state index < -0.39 is 0 Å². The minimum Gasteiger partial charge on any atom is -0.332 e. The van der Waals surface area contributed by atoms with Crippen LogP contribution in [0.3, 0.4) is 0 Å². The van der Waals surface area contributed by atoms with Gasteiger partial charge in [0, 0.05) is 36.7 Å². The maximum atomic E-state index is 13.0. The van der Waals surface area contributed by atoms with Gasteiger partial charge in [-0.05, 0) is 57.8 Å². The van der Waals surface area contributed by atoms with Crippen molar-refractivity contribution in [2.75, 3.05) is 18.0 Å². The Morgan fingerprint density at radius 1 is 0.967 bits per heavy atom. The summed E-state index contributed by atoms with van der Waals surface area (Å²) in [6.45, 7) is 3.65. The van der Waals surface area contributed by atoms with E-state index in [0.717, 1.165) is 68.1 Å². The normalized spacial score (nSPS) is 25.4. The van der Waals surface area contributed by atoms with Crippen LogP contribution in [0.25, 0.3) is 0 Å². The smallest absolute Gasteiger partial charge is 0.228 e. The molecule has 5 rings (SSSR count). The van der Waals surface area contributed by atoms with Gasteiger partial charge in [0.25, 0.3) is 0 Å². The maximum absolute atomic E-state index is 13.0. The number of nitrogens with zero attached hydrogens (tertiary/aromatic N) is 4. The molecule has 0 unspecified atom stereocenters. The minimum absolute atomic E-state index is 0.0318. The molecule has 2 aliphatic carbocycles. The number of aromatic nitrogens is 2. The van der Waals surface area contributed by atoms with Crippen molar-refractivity contribution >= 4 is 17.6 Å². The van der Waals surface area contributed by atoms with Crippen molar-refractivity contribution in [3.8, 4) is 0 Å². The third-order valence-electron chi connectivity index (χ3n) is 7.81.